The summed E-state index contributed by atoms with van der Waals surface area (Å²) >= 11 is 0. The van der Waals surface area contributed by atoms with E-state index in [0.717, 1.165) is 26.2 Å². The number of aliphatic hydroxyl groups excluding tert-OH is 1. The van der Waals surface area contributed by atoms with Crippen LogP contribution in [0.15, 0.2) is 0 Å². The highest BCUT2D eigenvalue weighted by molar-refractivity contribution is 4.71. The van der Waals surface area contributed by atoms with Crippen LogP contribution in [0.25, 0.3) is 0 Å². The predicted molar refractivity (Wildman–Crippen MR) is 49.9 cm³/mol. The molecule has 0 aliphatic carbocycles. The summed E-state index contributed by atoms with van der Waals surface area (Å²) in [7, 11) is 0. The number of nitrogens with zero attached hydrogens (tertiary/aromatic N) is 1. The Morgan fingerprint density at radius 1 is 1.42 bits per heavy atom. The van der Waals surface area contributed by atoms with Crippen molar-refractivity contribution in [2.24, 2.45) is 11.7 Å². The van der Waals surface area contributed by atoms with Gasteiger partial charge < -0.3 is 15.7 Å². The zero-order valence-electron chi connectivity index (χ0n) is 7.71. The molecule has 3 N–H and O–H groups in total. The first-order valence-corrected chi connectivity index (χ1v) is 4.90. The van der Waals surface area contributed by atoms with Crippen molar-refractivity contribution in [2.75, 3.05) is 32.8 Å². The van der Waals surface area contributed by atoms with Crippen LogP contribution in [0, 0.1) is 5.92 Å². The van der Waals surface area contributed by atoms with E-state index in [-0.39, 0.29) is 6.61 Å². The molecular weight excluding hydrogens is 152 g/mol. The Balaban J connectivity index is 2.31. The minimum Gasteiger partial charge on any atom is -0.395 e. The van der Waals surface area contributed by atoms with Crippen molar-refractivity contribution in [2.45, 2.75) is 19.3 Å². The fourth-order valence-electron chi connectivity index (χ4n) is 1.85. The molecule has 1 saturated heterocycles. The van der Waals surface area contributed by atoms with Crippen LogP contribution in [0.4, 0.5) is 0 Å². The number of aliphatic hydroxyl groups is 1. The average molecular weight is 172 g/mol. The zero-order chi connectivity index (χ0) is 8.81. The highest BCUT2D eigenvalue weighted by Gasteiger charge is 2.15. The number of rotatable bonds is 3. The van der Waals surface area contributed by atoms with E-state index >= 15 is 0 Å². The fraction of sp³-hybridized carbons (Fsp3) is 1.00. The summed E-state index contributed by atoms with van der Waals surface area (Å²) in [6.45, 7) is 4.10. The molecule has 1 aliphatic heterocycles. The van der Waals surface area contributed by atoms with Crippen LogP contribution in [0.5, 0.6) is 0 Å². The minimum atomic E-state index is 0.275. The lowest BCUT2D eigenvalue weighted by Crippen LogP contribution is -2.33. The van der Waals surface area contributed by atoms with Gasteiger partial charge in [-0.2, -0.15) is 0 Å². The highest BCUT2D eigenvalue weighted by atomic mass is 16.3. The second-order valence-electron chi connectivity index (χ2n) is 3.62. The maximum Gasteiger partial charge on any atom is 0.0558 e. The molecule has 0 saturated carbocycles. The summed E-state index contributed by atoms with van der Waals surface area (Å²) < 4.78 is 0. The van der Waals surface area contributed by atoms with Gasteiger partial charge in [-0.15, -0.1) is 0 Å². The molecule has 0 radical (unpaired) electrons. The van der Waals surface area contributed by atoms with E-state index in [1.807, 2.05) is 0 Å². The van der Waals surface area contributed by atoms with E-state index in [2.05, 4.69) is 4.90 Å². The van der Waals surface area contributed by atoms with E-state index in [4.69, 9.17) is 10.8 Å². The molecule has 1 heterocycles. The van der Waals surface area contributed by atoms with Crippen molar-refractivity contribution in [1.29, 1.82) is 0 Å². The third kappa shape index (κ3) is 3.09. The van der Waals surface area contributed by atoms with Crippen molar-refractivity contribution in [3.05, 3.63) is 0 Å². The van der Waals surface area contributed by atoms with Crippen molar-refractivity contribution < 1.29 is 5.11 Å². The van der Waals surface area contributed by atoms with Gasteiger partial charge in [0.15, 0.2) is 0 Å². The molecule has 0 spiro atoms. The topological polar surface area (TPSA) is 49.5 Å². The summed E-state index contributed by atoms with van der Waals surface area (Å²) in [5.41, 5.74) is 5.64. The van der Waals surface area contributed by atoms with Crippen LogP contribution in [0.3, 0.4) is 0 Å². The van der Waals surface area contributed by atoms with Crippen LogP contribution in [0.2, 0.25) is 0 Å². The first-order chi connectivity index (χ1) is 5.86. The van der Waals surface area contributed by atoms with Gasteiger partial charge in [-0.3, -0.25) is 0 Å². The summed E-state index contributed by atoms with van der Waals surface area (Å²) in [5, 5.41) is 8.80. The van der Waals surface area contributed by atoms with Crippen LogP contribution in [-0.2, 0) is 0 Å². The SMILES string of the molecule is NCC1CCCCN(CCO)C1. The van der Waals surface area contributed by atoms with E-state index < -0.39 is 0 Å². The molecule has 3 nitrogen and oxygen atoms in total. The number of hydrogen-bond donors (Lipinski definition) is 2. The molecule has 0 amide bonds. The lowest BCUT2D eigenvalue weighted by molar-refractivity contribution is 0.186. The Morgan fingerprint density at radius 3 is 2.92 bits per heavy atom. The average Bonchev–Trinajstić information content (AvgIpc) is 2.30. The molecule has 1 atom stereocenters. The van der Waals surface area contributed by atoms with Crippen molar-refractivity contribution >= 4 is 0 Å². The molecule has 12 heavy (non-hydrogen) atoms. The Bertz CT molecular complexity index is 119. The monoisotopic (exact) mass is 172 g/mol. The number of hydrogen-bond acceptors (Lipinski definition) is 3. The van der Waals surface area contributed by atoms with Crippen molar-refractivity contribution in [3.8, 4) is 0 Å². The summed E-state index contributed by atoms with van der Waals surface area (Å²) in [4.78, 5) is 2.32. The van der Waals surface area contributed by atoms with Crippen LogP contribution >= 0.6 is 0 Å². The van der Waals surface area contributed by atoms with Crippen LogP contribution in [0.1, 0.15) is 19.3 Å². The molecule has 1 fully saturated rings. The van der Waals surface area contributed by atoms with Gasteiger partial charge in [-0.1, -0.05) is 6.42 Å². The molecule has 0 aromatic carbocycles. The zero-order valence-corrected chi connectivity index (χ0v) is 7.71. The summed E-state index contributed by atoms with van der Waals surface area (Å²) in [5.74, 6) is 0.652. The van der Waals surface area contributed by atoms with Gasteiger partial charge in [0.25, 0.3) is 0 Å². The van der Waals surface area contributed by atoms with E-state index in [1.54, 1.807) is 0 Å². The number of nitrogens with two attached hydrogens (primary N) is 1. The van der Waals surface area contributed by atoms with E-state index in [9.17, 15) is 0 Å². The van der Waals surface area contributed by atoms with Crippen molar-refractivity contribution in [1.82, 2.24) is 4.90 Å². The first kappa shape index (κ1) is 9.96. The Labute approximate surface area is 74.5 Å². The third-order valence-electron chi connectivity index (χ3n) is 2.60. The van der Waals surface area contributed by atoms with Gasteiger partial charge in [0.1, 0.15) is 0 Å². The molecule has 1 unspecified atom stereocenters. The Morgan fingerprint density at radius 2 is 2.25 bits per heavy atom. The molecule has 0 aromatic heterocycles. The van der Waals surface area contributed by atoms with Gasteiger partial charge in [0.05, 0.1) is 6.61 Å². The molecule has 3 heteroatoms. The number of β-amino-alcohol motifs (C(OH)–C–C–N with tert-alkyl or cyclic N) is 1. The lowest BCUT2D eigenvalue weighted by atomic mass is 10.0. The number of likely N-dealkylation sites (tertiary alicyclic amines) is 1. The van der Waals surface area contributed by atoms with Crippen molar-refractivity contribution in [3.63, 3.8) is 0 Å². The molecule has 1 rings (SSSR count). The fourth-order valence-corrected chi connectivity index (χ4v) is 1.85. The molecule has 0 bridgehead atoms. The molecule has 72 valence electrons. The summed E-state index contributed by atoms with van der Waals surface area (Å²) in [6, 6.07) is 0. The smallest absolute Gasteiger partial charge is 0.0558 e. The molecule has 0 aromatic rings. The standard InChI is InChI=1S/C9H20N2O/c10-7-9-3-1-2-4-11(8-9)5-6-12/h9,12H,1-8,10H2. The van der Waals surface area contributed by atoms with Crippen LogP contribution < -0.4 is 5.73 Å². The molecule has 1 aliphatic rings. The first-order valence-electron chi connectivity index (χ1n) is 4.90. The minimum absolute atomic E-state index is 0.275. The maximum atomic E-state index is 8.80. The lowest BCUT2D eigenvalue weighted by Gasteiger charge is -2.22. The quantitative estimate of drug-likeness (QED) is 0.632. The van der Waals surface area contributed by atoms with E-state index in [1.165, 1.54) is 19.3 Å². The van der Waals surface area contributed by atoms with E-state index in [0.29, 0.717) is 5.92 Å². The Hall–Kier alpha value is -0.120. The third-order valence-corrected chi connectivity index (χ3v) is 2.60. The van der Waals surface area contributed by atoms with Gasteiger partial charge >= 0.3 is 0 Å². The van der Waals surface area contributed by atoms with Gasteiger partial charge in [0.2, 0.25) is 0 Å². The van der Waals surface area contributed by atoms with Gasteiger partial charge in [-0.25, -0.2) is 0 Å². The summed E-state index contributed by atoms with van der Waals surface area (Å²) in [6.07, 6.45) is 3.82. The van der Waals surface area contributed by atoms with Crippen LogP contribution in [-0.4, -0.2) is 42.8 Å². The molecular formula is C9H20N2O. The highest BCUT2D eigenvalue weighted by Crippen LogP contribution is 2.14. The normalized spacial score (nSPS) is 27.0. The predicted octanol–water partition coefficient (Wildman–Crippen LogP) is 0.0395. The maximum absolute atomic E-state index is 8.80. The van der Waals surface area contributed by atoms with Gasteiger partial charge in [0, 0.05) is 13.1 Å². The van der Waals surface area contributed by atoms with Gasteiger partial charge in [-0.05, 0) is 31.8 Å². The largest absolute Gasteiger partial charge is 0.395 e. The Kier molecular flexibility index (Phi) is 4.58. The second-order valence-corrected chi connectivity index (χ2v) is 3.62. The second kappa shape index (κ2) is 5.51.